The van der Waals surface area contributed by atoms with E-state index in [-0.39, 0.29) is 6.04 Å². The van der Waals surface area contributed by atoms with E-state index in [1.807, 2.05) is 18.2 Å². The predicted molar refractivity (Wildman–Crippen MR) is 83.8 cm³/mol. The van der Waals surface area contributed by atoms with Crippen LogP contribution in [0.25, 0.3) is 10.8 Å². The molecular weight excluding hydrogens is 246 g/mol. The SMILES string of the molecule is CC(C(O)c1cccc2ccccc12)N1CCCCC1. The quantitative estimate of drug-likeness (QED) is 0.917. The number of rotatable bonds is 3. The molecule has 1 aliphatic rings. The first-order valence-corrected chi connectivity index (χ1v) is 7.67. The highest BCUT2D eigenvalue weighted by Gasteiger charge is 2.25. The van der Waals surface area contributed by atoms with Crippen molar-refractivity contribution in [3.05, 3.63) is 48.0 Å². The molecule has 2 unspecified atom stereocenters. The van der Waals surface area contributed by atoms with Crippen molar-refractivity contribution in [3.8, 4) is 0 Å². The van der Waals surface area contributed by atoms with Crippen LogP contribution < -0.4 is 0 Å². The van der Waals surface area contributed by atoms with Gasteiger partial charge in [-0.2, -0.15) is 0 Å². The lowest BCUT2D eigenvalue weighted by Gasteiger charge is -2.35. The number of aliphatic hydroxyl groups is 1. The molecule has 0 aliphatic carbocycles. The highest BCUT2D eigenvalue weighted by Crippen LogP contribution is 2.29. The lowest BCUT2D eigenvalue weighted by molar-refractivity contribution is 0.0479. The molecule has 1 saturated heterocycles. The smallest absolute Gasteiger partial charge is 0.0948 e. The van der Waals surface area contributed by atoms with Gasteiger partial charge in [0, 0.05) is 6.04 Å². The largest absolute Gasteiger partial charge is 0.387 e. The average Bonchev–Trinajstić information content (AvgIpc) is 2.54. The molecule has 1 heterocycles. The van der Waals surface area contributed by atoms with Crippen molar-refractivity contribution in [3.63, 3.8) is 0 Å². The predicted octanol–water partition coefficient (Wildman–Crippen LogP) is 3.75. The minimum atomic E-state index is -0.417. The fourth-order valence-electron chi connectivity index (χ4n) is 3.29. The maximum atomic E-state index is 10.8. The summed E-state index contributed by atoms with van der Waals surface area (Å²) < 4.78 is 0. The molecule has 20 heavy (non-hydrogen) atoms. The van der Waals surface area contributed by atoms with Crippen LogP contribution in [0.15, 0.2) is 42.5 Å². The summed E-state index contributed by atoms with van der Waals surface area (Å²) >= 11 is 0. The Labute approximate surface area is 121 Å². The normalized spacial score (nSPS) is 19.9. The maximum Gasteiger partial charge on any atom is 0.0948 e. The number of likely N-dealkylation sites (tertiary alicyclic amines) is 1. The zero-order chi connectivity index (χ0) is 13.9. The third-order valence-corrected chi connectivity index (χ3v) is 4.57. The van der Waals surface area contributed by atoms with Crippen molar-refractivity contribution in [2.75, 3.05) is 13.1 Å². The second kappa shape index (κ2) is 5.94. The second-order valence-corrected chi connectivity index (χ2v) is 5.85. The Morgan fingerprint density at radius 3 is 2.45 bits per heavy atom. The van der Waals surface area contributed by atoms with Crippen LogP contribution in [0.5, 0.6) is 0 Å². The molecule has 0 aromatic heterocycles. The number of nitrogens with zero attached hydrogens (tertiary/aromatic N) is 1. The molecule has 1 aliphatic heterocycles. The number of piperidine rings is 1. The topological polar surface area (TPSA) is 23.5 Å². The highest BCUT2D eigenvalue weighted by atomic mass is 16.3. The first-order chi connectivity index (χ1) is 9.77. The van der Waals surface area contributed by atoms with Crippen molar-refractivity contribution in [2.24, 2.45) is 0 Å². The van der Waals surface area contributed by atoms with Crippen molar-refractivity contribution in [1.29, 1.82) is 0 Å². The molecule has 2 nitrogen and oxygen atoms in total. The van der Waals surface area contributed by atoms with E-state index in [1.54, 1.807) is 0 Å². The molecule has 3 rings (SSSR count). The fourth-order valence-corrected chi connectivity index (χ4v) is 3.29. The van der Waals surface area contributed by atoms with Gasteiger partial charge in [0.2, 0.25) is 0 Å². The summed E-state index contributed by atoms with van der Waals surface area (Å²) in [6.45, 7) is 4.38. The van der Waals surface area contributed by atoms with Crippen LogP contribution in [-0.2, 0) is 0 Å². The van der Waals surface area contributed by atoms with Crippen molar-refractivity contribution < 1.29 is 5.11 Å². The van der Waals surface area contributed by atoms with E-state index >= 15 is 0 Å². The van der Waals surface area contributed by atoms with Gasteiger partial charge in [0.25, 0.3) is 0 Å². The molecule has 0 radical (unpaired) electrons. The van der Waals surface area contributed by atoms with Crippen LogP contribution in [-0.4, -0.2) is 29.1 Å². The van der Waals surface area contributed by atoms with Crippen LogP contribution in [0.1, 0.15) is 37.9 Å². The van der Waals surface area contributed by atoms with E-state index in [2.05, 4.69) is 36.1 Å². The molecule has 2 atom stereocenters. The Hall–Kier alpha value is -1.38. The number of benzene rings is 2. The molecule has 0 spiro atoms. The Balaban J connectivity index is 1.89. The summed E-state index contributed by atoms with van der Waals surface area (Å²) in [4.78, 5) is 2.43. The van der Waals surface area contributed by atoms with Gasteiger partial charge < -0.3 is 5.11 Å². The lowest BCUT2D eigenvalue weighted by atomic mass is 9.95. The lowest BCUT2D eigenvalue weighted by Crippen LogP contribution is -2.40. The molecule has 0 amide bonds. The van der Waals surface area contributed by atoms with E-state index in [9.17, 15) is 5.11 Å². The molecule has 1 N–H and O–H groups in total. The fraction of sp³-hybridized carbons (Fsp3) is 0.444. The van der Waals surface area contributed by atoms with Gasteiger partial charge in [-0.25, -0.2) is 0 Å². The first kappa shape index (κ1) is 13.6. The summed E-state index contributed by atoms with van der Waals surface area (Å²) in [6.07, 6.45) is 3.42. The van der Waals surface area contributed by atoms with E-state index in [0.29, 0.717) is 0 Å². The molecule has 1 fully saturated rings. The third kappa shape index (κ3) is 2.58. The van der Waals surface area contributed by atoms with Gasteiger partial charge in [0.15, 0.2) is 0 Å². The zero-order valence-electron chi connectivity index (χ0n) is 12.1. The molecule has 2 aromatic carbocycles. The monoisotopic (exact) mass is 269 g/mol. The van der Waals surface area contributed by atoms with Gasteiger partial charge in [-0.3, -0.25) is 4.90 Å². The van der Waals surface area contributed by atoms with Gasteiger partial charge in [0.05, 0.1) is 6.10 Å². The van der Waals surface area contributed by atoms with Crippen molar-refractivity contribution in [2.45, 2.75) is 38.3 Å². The van der Waals surface area contributed by atoms with E-state index in [0.717, 1.165) is 18.7 Å². The molecule has 2 aromatic rings. The first-order valence-electron chi connectivity index (χ1n) is 7.67. The molecule has 106 valence electrons. The summed E-state index contributed by atoms with van der Waals surface area (Å²) in [5.74, 6) is 0. The Morgan fingerprint density at radius 1 is 0.950 bits per heavy atom. The summed E-state index contributed by atoms with van der Waals surface area (Å²) in [6, 6.07) is 14.7. The highest BCUT2D eigenvalue weighted by molar-refractivity contribution is 5.86. The molecule has 0 saturated carbocycles. The Kier molecular flexibility index (Phi) is 4.04. The minimum absolute atomic E-state index is 0.182. The van der Waals surface area contributed by atoms with Gasteiger partial charge >= 0.3 is 0 Å². The maximum absolute atomic E-state index is 10.8. The Bertz CT molecular complexity index is 569. The molecule has 2 heteroatoms. The van der Waals surface area contributed by atoms with Gasteiger partial charge in [-0.15, -0.1) is 0 Å². The third-order valence-electron chi connectivity index (χ3n) is 4.57. The van der Waals surface area contributed by atoms with Crippen molar-refractivity contribution in [1.82, 2.24) is 4.90 Å². The Morgan fingerprint density at radius 2 is 1.65 bits per heavy atom. The number of fused-ring (bicyclic) bond motifs is 1. The molecule has 0 bridgehead atoms. The van der Waals surface area contributed by atoms with E-state index < -0.39 is 6.10 Å². The van der Waals surface area contributed by atoms with Gasteiger partial charge in [0.1, 0.15) is 0 Å². The van der Waals surface area contributed by atoms with Crippen LogP contribution in [0.3, 0.4) is 0 Å². The van der Waals surface area contributed by atoms with Crippen molar-refractivity contribution >= 4 is 10.8 Å². The number of hydrogen-bond acceptors (Lipinski definition) is 2. The second-order valence-electron chi connectivity index (χ2n) is 5.85. The number of aliphatic hydroxyl groups excluding tert-OH is 1. The van der Waals surface area contributed by atoms with Crippen LogP contribution >= 0.6 is 0 Å². The van der Waals surface area contributed by atoms with E-state index in [1.165, 1.54) is 30.0 Å². The minimum Gasteiger partial charge on any atom is -0.387 e. The average molecular weight is 269 g/mol. The zero-order valence-corrected chi connectivity index (χ0v) is 12.1. The van der Waals surface area contributed by atoms with Crippen LogP contribution in [0.4, 0.5) is 0 Å². The summed E-state index contributed by atoms with van der Waals surface area (Å²) in [7, 11) is 0. The van der Waals surface area contributed by atoms with Gasteiger partial charge in [-0.05, 0) is 49.2 Å². The molecular formula is C18H23NO. The standard InChI is InChI=1S/C18H23NO/c1-14(19-12-5-2-6-13-19)18(20)17-11-7-9-15-8-3-4-10-16(15)17/h3-4,7-11,14,18,20H,2,5-6,12-13H2,1H3. The van der Waals surface area contributed by atoms with Gasteiger partial charge in [-0.1, -0.05) is 48.9 Å². The summed E-state index contributed by atoms with van der Waals surface area (Å²) in [5, 5.41) is 13.2. The van der Waals surface area contributed by atoms with Crippen LogP contribution in [0.2, 0.25) is 0 Å². The van der Waals surface area contributed by atoms with Crippen LogP contribution in [0, 0.1) is 0 Å². The summed E-state index contributed by atoms with van der Waals surface area (Å²) in [5.41, 5.74) is 1.06. The van der Waals surface area contributed by atoms with E-state index in [4.69, 9.17) is 0 Å². The number of hydrogen-bond donors (Lipinski definition) is 1.